The van der Waals surface area contributed by atoms with E-state index in [1.165, 1.54) is 0 Å². The van der Waals surface area contributed by atoms with Crippen molar-refractivity contribution in [3.63, 3.8) is 0 Å². The van der Waals surface area contributed by atoms with E-state index in [1.54, 1.807) is 6.92 Å². The van der Waals surface area contributed by atoms with E-state index < -0.39 is 0 Å². The van der Waals surface area contributed by atoms with Gasteiger partial charge in [-0.25, -0.2) is 4.98 Å². The van der Waals surface area contributed by atoms with Crippen LogP contribution in [-0.4, -0.2) is 19.9 Å². The molecule has 2 aromatic rings. The Labute approximate surface area is 83.5 Å². The molecule has 2 aromatic heterocycles. The molecular formula is C7H8ClN5O. The van der Waals surface area contributed by atoms with Gasteiger partial charge in [0.1, 0.15) is 5.82 Å². The molecule has 6 nitrogen and oxygen atoms in total. The summed E-state index contributed by atoms with van der Waals surface area (Å²) >= 11 is 5.80. The molecule has 0 bridgehead atoms. The molecule has 2 rings (SSSR count). The average Bonchev–Trinajstić information content (AvgIpc) is 2.47. The Morgan fingerprint density at radius 3 is 2.79 bits per heavy atom. The van der Waals surface area contributed by atoms with E-state index in [0.29, 0.717) is 11.3 Å². The summed E-state index contributed by atoms with van der Waals surface area (Å²) in [6, 6.07) is 0. The zero-order valence-corrected chi connectivity index (χ0v) is 8.09. The first-order valence-electron chi connectivity index (χ1n) is 3.97. The highest BCUT2D eigenvalue weighted by molar-refractivity contribution is 6.20. The van der Waals surface area contributed by atoms with E-state index in [2.05, 4.69) is 19.9 Å². The Bertz CT molecular complexity index is 528. The van der Waals surface area contributed by atoms with Crippen LogP contribution in [0.3, 0.4) is 0 Å². The van der Waals surface area contributed by atoms with Crippen LogP contribution >= 0.6 is 11.6 Å². The Kier molecular flexibility index (Phi) is 1.92. The number of nitrogens with one attached hydrogen (secondary N) is 2. The van der Waals surface area contributed by atoms with Gasteiger partial charge in [0.05, 0.1) is 5.38 Å². The first-order chi connectivity index (χ1) is 6.58. The fourth-order valence-electron chi connectivity index (χ4n) is 1.13. The summed E-state index contributed by atoms with van der Waals surface area (Å²) in [5, 5.41) is -0.301. The molecule has 0 fully saturated rings. The maximum absolute atomic E-state index is 11.3. The number of nitrogens with two attached hydrogens (primary N) is 1. The van der Waals surface area contributed by atoms with Crippen LogP contribution in [0.5, 0.6) is 0 Å². The van der Waals surface area contributed by atoms with Crippen LogP contribution in [-0.2, 0) is 0 Å². The zero-order valence-electron chi connectivity index (χ0n) is 7.34. The number of hydrogen-bond acceptors (Lipinski definition) is 4. The Balaban J connectivity index is 2.77. The fraction of sp³-hybridized carbons (Fsp3) is 0.286. The van der Waals surface area contributed by atoms with Crippen LogP contribution in [0.4, 0.5) is 5.95 Å². The van der Waals surface area contributed by atoms with E-state index in [9.17, 15) is 4.79 Å². The molecule has 0 aliphatic rings. The predicted octanol–water partition coefficient (Wildman–Crippen LogP) is 0.528. The maximum atomic E-state index is 11.3. The summed E-state index contributed by atoms with van der Waals surface area (Å²) in [6.07, 6.45) is 0. The molecule has 0 radical (unpaired) electrons. The highest BCUT2D eigenvalue weighted by atomic mass is 35.5. The minimum atomic E-state index is -0.344. The number of aromatic nitrogens is 4. The molecule has 2 heterocycles. The van der Waals surface area contributed by atoms with E-state index in [4.69, 9.17) is 17.3 Å². The molecule has 0 aliphatic heterocycles. The second-order valence-corrected chi connectivity index (χ2v) is 3.54. The van der Waals surface area contributed by atoms with Crippen LogP contribution in [0.2, 0.25) is 0 Å². The summed E-state index contributed by atoms with van der Waals surface area (Å²) in [5.41, 5.74) is 5.59. The zero-order chi connectivity index (χ0) is 10.3. The summed E-state index contributed by atoms with van der Waals surface area (Å²) in [6.45, 7) is 1.75. The number of halogens is 1. The Hall–Kier alpha value is -1.56. The molecule has 14 heavy (non-hydrogen) atoms. The van der Waals surface area contributed by atoms with Crippen molar-refractivity contribution in [2.75, 3.05) is 5.73 Å². The van der Waals surface area contributed by atoms with Gasteiger partial charge < -0.3 is 10.7 Å². The average molecular weight is 214 g/mol. The van der Waals surface area contributed by atoms with Crippen molar-refractivity contribution < 1.29 is 0 Å². The summed E-state index contributed by atoms with van der Waals surface area (Å²) < 4.78 is 0. The van der Waals surface area contributed by atoms with Gasteiger partial charge in [0.15, 0.2) is 11.2 Å². The third kappa shape index (κ3) is 1.33. The monoisotopic (exact) mass is 213 g/mol. The summed E-state index contributed by atoms with van der Waals surface area (Å²) in [4.78, 5) is 24.4. The van der Waals surface area contributed by atoms with E-state index in [1.807, 2.05) is 0 Å². The van der Waals surface area contributed by atoms with Crippen molar-refractivity contribution in [1.82, 2.24) is 19.9 Å². The van der Waals surface area contributed by atoms with E-state index >= 15 is 0 Å². The van der Waals surface area contributed by atoms with Crippen molar-refractivity contribution in [2.45, 2.75) is 12.3 Å². The number of alkyl halides is 1. The molecule has 1 unspecified atom stereocenters. The van der Waals surface area contributed by atoms with Gasteiger partial charge >= 0.3 is 0 Å². The van der Waals surface area contributed by atoms with Gasteiger partial charge in [-0.1, -0.05) is 0 Å². The van der Waals surface area contributed by atoms with Gasteiger partial charge in [-0.05, 0) is 6.92 Å². The molecule has 1 atom stereocenters. The Morgan fingerprint density at radius 2 is 2.14 bits per heavy atom. The van der Waals surface area contributed by atoms with Crippen LogP contribution in [0.25, 0.3) is 11.2 Å². The first kappa shape index (κ1) is 9.01. The summed E-state index contributed by atoms with van der Waals surface area (Å²) in [7, 11) is 0. The van der Waals surface area contributed by atoms with Crippen molar-refractivity contribution in [3.05, 3.63) is 16.2 Å². The fourth-order valence-corrected chi connectivity index (χ4v) is 1.23. The molecule has 0 saturated carbocycles. The number of fused-ring (bicyclic) bond motifs is 1. The molecule has 4 N–H and O–H groups in total. The number of hydrogen-bond donors (Lipinski definition) is 3. The van der Waals surface area contributed by atoms with Gasteiger partial charge in [0, 0.05) is 0 Å². The molecule has 0 aliphatic carbocycles. The first-order valence-corrected chi connectivity index (χ1v) is 4.41. The second kappa shape index (κ2) is 2.98. The van der Waals surface area contributed by atoms with Crippen molar-refractivity contribution >= 4 is 28.7 Å². The van der Waals surface area contributed by atoms with Crippen molar-refractivity contribution in [2.24, 2.45) is 0 Å². The topological polar surface area (TPSA) is 100 Å². The van der Waals surface area contributed by atoms with Crippen LogP contribution in [0.1, 0.15) is 18.1 Å². The smallest absolute Gasteiger partial charge is 0.278 e. The van der Waals surface area contributed by atoms with Gasteiger partial charge in [0.2, 0.25) is 5.95 Å². The second-order valence-electron chi connectivity index (χ2n) is 2.89. The number of nitrogens with zero attached hydrogens (tertiary/aromatic N) is 2. The third-order valence-corrected chi connectivity index (χ3v) is 1.98. The van der Waals surface area contributed by atoms with Gasteiger partial charge in [0.25, 0.3) is 5.56 Å². The number of imidazole rings is 1. The highest BCUT2D eigenvalue weighted by Gasteiger charge is 2.11. The predicted molar refractivity (Wildman–Crippen MR) is 53.2 cm³/mol. The summed E-state index contributed by atoms with van der Waals surface area (Å²) in [5.74, 6) is 0.549. The van der Waals surface area contributed by atoms with Crippen molar-refractivity contribution in [1.29, 1.82) is 0 Å². The molecule has 0 saturated heterocycles. The lowest BCUT2D eigenvalue weighted by Crippen LogP contribution is -2.10. The highest BCUT2D eigenvalue weighted by Crippen LogP contribution is 2.17. The minimum Gasteiger partial charge on any atom is -0.369 e. The molecular weight excluding hydrogens is 206 g/mol. The van der Waals surface area contributed by atoms with Crippen LogP contribution < -0.4 is 11.3 Å². The third-order valence-electron chi connectivity index (χ3n) is 1.77. The number of H-pyrrole nitrogens is 2. The number of nitrogen functional groups attached to an aromatic ring is 1. The van der Waals surface area contributed by atoms with Crippen LogP contribution in [0, 0.1) is 0 Å². The van der Waals surface area contributed by atoms with E-state index in [-0.39, 0.29) is 22.5 Å². The SMILES string of the molecule is CC(Cl)c1nc2nc(N)[nH]c(=O)c2[nH]1. The van der Waals surface area contributed by atoms with E-state index in [0.717, 1.165) is 0 Å². The normalized spacial score (nSPS) is 13.3. The molecule has 0 amide bonds. The minimum absolute atomic E-state index is 0.0442. The van der Waals surface area contributed by atoms with Gasteiger partial charge in [-0.15, -0.1) is 11.6 Å². The lowest BCUT2D eigenvalue weighted by atomic mass is 10.5. The Morgan fingerprint density at radius 1 is 1.43 bits per heavy atom. The molecule has 0 aromatic carbocycles. The number of aromatic amines is 2. The van der Waals surface area contributed by atoms with Gasteiger partial charge in [-0.2, -0.15) is 4.98 Å². The molecule has 74 valence electrons. The largest absolute Gasteiger partial charge is 0.369 e. The van der Waals surface area contributed by atoms with Gasteiger partial charge in [-0.3, -0.25) is 9.78 Å². The standard InChI is InChI=1S/C7H8ClN5O/c1-2(8)4-10-3-5(11-4)12-7(9)13-6(3)14/h2H,1H3,(H4,9,10,11,12,13,14). The number of rotatable bonds is 1. The van der Waals surface area contributed by atoms with Crippen molar-refractivity contribution in [3.8, 4) is 0 Å². The molecule has 0 spiro atoms. The maximum Gasteiger partial charge on any atom is 0.278 e. The number of anilines is 1. The lowest BCUT2D eigenvalue weighted by molar-refractivity contribution is 0.959. The van der Waals surface area contributed by atoms with Crippen LogP contribution in [0.15, 0.2) is 4.79 Å². The molecule has 7 heteroatoms. The lowest BCUT2D eigenvalue weighted by Gasteiger charge is -1.92. The quantitative estimate of drug-likeness (QED) is 0.602.